The number of allylic oxidation sites excluding steroid dienone is 1. The standard InChI is InChI=1S/C22H25NO3S/c1-3-4-5-6-15-26-20-11-9-19(10-12-20)16-22(17-23)27(24,25)21-13-7-18(2)8-14-21/h7-14,16H,3-6,15H2,1-2H3. The third-order valence-electron chi connectivity index (χ3n) is 4.18. The third kappa shape index (κ3) is 5.97. The van der Waals surface area contributed by atoms with E-state index in [4.69, 9.17) is 4.74 Å². The van der Waals surface area contributed by atoms with Crippen molar-refractivity contribution in [3.8, 4) is 11.8 Å². The lowest BCUT2D eigenvalue weighted by Gasteiger charge is -2.07. The average Bonchev–Trinajstić information content (AvgIpc) is 2.67. The Bertz CT molecular complexity index is 906. The van der Waals surface area contributed by atoms with Gasteiger partial charge in [0.15, 0.2) is 0 Å². The zero-order chi connectivity index (χ0) is 19.7. The van der Waals surface area contributed by atoms with Crippen LogP contribution in [0.1, 0.15) is 43.7 Å². The molecule has 0 saturated carbocycles. The van der Waals surface area contributed by atoms with Crippen LogP contribution < -0.4 is 4.74 Å². The van der Waals surface area contributed by atoms with E-state index in [2.05, 4.69) is 6.92 Å². The molecule has 0 heterocycles. The van der Waals surface area contributed by atoms with E-state index in [1.807, 2.05) is 13.0 Å². The summed E-state index contributed by atoms with van der Waals surface area (Å²) < 4.78 is 31.0. The first-order chi connectivity index (χ1) is 13.0. The summed E-state index contributed by atoms with van der Waals surface area (Å²) >= 11 is 0. The molecular weight excluding hydrogens is 358 g/mol. The predicted octanol–water partition coefficient (Wildman–Crippen LogP) is 5.29. The van der Waals surface area contributed by atoms with Crippen LogP contribution in [-0.4, -0.2) is 15.0 Å². The molecule has 0 atom stereocenters. The molecule has 142 valence electrons. The van der Waals surface area contributed by atoms with Crippen LogP contribution >= 0.6 is 0 Å². The molecule has 5 heteroatoms. The summed E-state index contributed by atoms with van der Waals surface area (Å²) in [6, 6.07) is 15.4. The molecule has 0 N–H and O–H groups in total. The van der Waals surface area contributed by atoms with E-state index in [1.165, 1.54) is 31.1 Å². The van der Waals surface area contributed by atoms with Gasteiger partial charge in [0.25, 0.3) is 0 Å². The summed E-state index contributed by atoms with van der Waals surface area (Å²) in [5.41, 5.74) is 1.60. The fraction of sp³-hybridized carbons (Fsp3) is 0.318. The fourth-order valence-electron chi connectivity index (χ4n) is 2.54. The number of sulfone groups is 1. The van der Waals surface area contributed by atoms with Crippen molar-refractivity contribution in [3.05, 3.63) is 64.6 Å². The molecule has 2 aromatic rings. The smallest absolute Gasteiger partial charge is 0.216 e. The van der Waals surface area contributed by atoms with Gasteiger partial charge in [-0.25, -0.2) is 8.42 Å². The Morgan fingerprint density at radius 3 is 2.30 bits per heavy atom. The Morgan fingerprint density at radius 2 is 1.70 bits per heavy atom. The first-order valence-corrected chi connectivity index (χ1v) is 10.6. The number of hydrogen-bond acceptors (Lipinski definition) is 4. The predicted molar refractivity (Wildman–Crippen MR) is 108 cm³/mol. The second kappa shape index (κ2) is 9.94. The third-order valence-corrected chi connectivity index (χ3v) is 5.86. The number of rotatable bonds is 9. The normalized spacial score (nSPS) is 11.8. The summed E-state index contributed by atoms with van der Waals surface area (Å²) in [4.78, 5) is -0.160. The van der Waals surface area contributed by atoms with E-state index in [0.717, 1.165) is 24.2 Å². The summed E-state index contributed by atoms with van der Waals surface area (Å²) in [6.07, 6.45) is 5.95. The van der Waals surface area contributed by atoms with E-state index in [9.17, 15) is 13.7 Å². The van der Waals surface area contributed by atoms with Gasteiger partial charge in [0.2, 0.25) is 9.84 Å². The fourth-order valence-corrected chi connectivity index (χ4v) is 3.70. The second-order valence-electron chi connectivity index (χ2n) is 6.42. The number of unbranched alkanes of at least 4 members (excludes halogenated alkanes) is 3. The minimum absolute atomic E-state index is 0.118. The molecule has 0 saturated heterocycles. The summed E-state index contributed by atoms with van der Waals surface area (Å²) in [5.74, 6) is 0.739. The van der Waals surface area contributed by atoms with Gasteiger partial charge < -0.3 is 4.74 Å². The van der Waals surface area contributed by atoms with Crippen molar-refractivity contribution in [3.63, 3.8) is 0 Å². The van der Waals surface area contributed by atoms with Gasteiger partial charge in [0.05, 0.1) is 11.5 Å². The topological polar surface area (TPSA) is 67.2 Å². The molecule has 0 unspecified atom stereocenters. The maximum Gasteiger partial charge on any atom is 0.216 e. The molecule has 2 aromatic carbocycles. The lowest BCUT2D eigenvalue weighted by Crippen LogP contribution is -2.03. The van der Waals surface area contributed by atoms with E-state index in [0.29, 0.717) is 12.2 Å². The Labute approximate surface area is 162 Å². The SMILES string of the molecule is CCCCCCOc1ccc(C=C(C#N)S(=O)(=O)c2ccc(C)cc2)cc1. The maximum absolute atomic E-state index is 12.7. The minimum Gasteiger partial charge on any atom is -0.494 e. The van der Waals surface area contributed by atoms with E-state index in [-0.39, 0.29) is 9.80 Å². The lowest BCUT2D eigenvalue weighted by atomic mass is 10.2. The van der Waals surface area contributed by atoms with Gasteiger partial charge in [-0.05, 0) is 49.2 Å². The largest absolute Gasteiger partial charge is 0.494 e. The Kier molecular flexibility index (Phi) is 7.63. The van der Waals surface area contributed by atoms with Crippen molar-refractivity contribution in [2.24, 2.45) is 0 Å². The van der Waals surface area contributed by atoms with Crippen LogP contribution in [0.25, 0.3) is 6.08 Å². The molecule has 0 fully saturated rings. The number of ether oxygens (including phenoxy) is 1. The van der Waals surface area contributed by atoms with Crippen molar-refractivity contribution in [1.82, 2.24) is 0 Å². The van der Waals surface area contributed by atoms with Gasteiger partial charge in [-0.2, -0.15) is 5.26 Å². The molecule has 0 aliphatic rings. The van der Waals surface area contributed by atoms with Gasteiger partial charge in [-0.1, -0.05) is 56.0 Å². The van der Waals surface area contributed by atoms with Crippen molar-refractivity contribution in [2.75, 3.05) is 6.61 Å². The van der Waals surface area contributed by atoms with E-state index < -0.39 is 9.84 Å². The number of hydrogen-bond donors (Lipinski definition) is 0. The molecule has 0 aliphatic heterocycles. The number of nitriles is 1. The highest BCUT2D eigenvalue weighted by Crippen LogP contribution is 2.22. The van der Waals surface area contributed by atoms with Crippen LogP contribution in [0, 0.1) is 18.3 Å². The van der Waals surface area contributed by atoms with Gasteiger partial charge in [-0.3, -0.25) is 0 Å². The first-order valence-electron chi connectivity index (χ1n) is 9.14. The summed E-state index contributed by atoms with van der Waals surface area (Å²) in [7, 11) is -3.83. The van der Waals surface area contributed by atoms with E-state index in [1.54, 1.807) is 36.4 Å². The number of benzene rings is 2. The Hall–Kier alpha value is -2.58. The lowest BCUT2D eigenvalue weighted by molar-refractivity contribution is 0.305. The highest BCUT2D eigenvalue weighted by Gasteiger charge is 2.20. The molecule has 0 spiro atoms. The van der Waals surface area contributed by atoms with Crippen LogP contribution in [0.15, 0.2) is 58.3 Å². The van der Waals surface area contributed by atoms with Crippen LogP contribution in [-0.2, 0) is 9.84 Å². The molecule has 2 rings (SSSR count). The monoisotopic (exact) mass is 383 g/mol. The molecule has 0 aliphatic carbocycles. The van der Waals surface area contributed by atoms with Crippen LogP contribution in [0.4, 0.5) is 0 Å². The Balaban J connectivity index is 2.11. The molecule has 0 aromatic heterocycles. The van der Waals surface area contributed by atoms with Crippen molar-refractivity contribution >= 4 is 15.9 Å². The summed E-state index contributed by atoms with van der Waals surface area (Å²) in [6.45, 7) is 4.72. The van der Waals surface area contributed by atoms with Crippen LogP contribution in [0.2, 0.25) is 0 Å². The van der Waals surface area contributed by atoms with E-state index >= 15 is 0 Å². The second-order valence-corrected chi connectivity index (χ2v) is 8.33. The molecule has 27 heavy (non-hydrogen) atoms. The molecule has 4 nitrogen and oxygen atoms in total. The van der Waals surface area contributed by atoms with Crippen LogP contribution in [0.5, 0.6) is 5.75 Å². The Morgan fingerprint density at radius 1 is 1.04 bits per heavy atom. The van der Waals surface area contributed by atoms with Gasteiger partial charge in [0.1, 0.15) is 16.7 Å². The van der Waals surface area contributed by atoms with Crippen LogP contribution in [0.3, 0.4) is 0 Å². The molecular formula is C22H25NO3S. The van der Waals surface area contributed by atoms with Gasteiger partial charge in [0, 0.05) is 0 Å². The zero-order valence-electron chi connectivity index (χ0n) is 15.8. The van der Waals surface area contributed by atoms with Gasteiger partial charge >= 0.3 is 0 Å². The number of nitrogens with zero attached hydrogens (tertiary/aromatic N) is 1. The quantitative estimate of drug-likeness (QED) is 0.436. The zero-order valence-corrected chi connectivity index (χ0v) is 16.6. The molecule has 0 bridgehead atoms. The minimum atomic E-state index is -3.83. The van der Waals surface area contributed by atoms with Crippen molar-refractivity contribution in [2.45, 2.75) is 44.4 Å². The maximum atomic E-state index is 12.7. The highest BCUT2D eigenvalue weighted by atomic mass is 32.2. The highest BCUT2D eigenvalue weighted by molar-refractivity contribution is 7.95. The average molecular weight is 384 g/mol. The summed E-state index contributed by atoms with van der Waals surface area (Å²) in [5, 5.41) is 9.36. The number of aryl methyl sites for hydroxylation is 1. The molecule has 0 radical (unpaired) electrons. The first kappa shape index (κ1) is 20.7. The van der Waals surface area contributed by atoms with Crippen molar-refractivity contribution in [1.29, 1.82) is 5.26 Å². The van der Waals surface area contributed by atoms with Crippen molar-refractivity contribution < 1.29 is 13.2 Å². The molecule has 0 amide bonds. The van der Waals surface area contributed by atoms with Gasteiger partial charge in [-0.15, -0.1) is 0 Å².